The minimum atomic E-state index is -0.569. The average molecular weight is 669 g/mol. The first-order valence-corrected chi connectivity index (χ1v) is 15.8. The molecule has 0 atom stereocenters. The summed E-state index contributed by atoms with van der Waals surface area (Å²) >= 11 is 14.0. The predicted octanol–water partition coefficient (Wildman–Crippen LogP) is 8.93. The van der Waals surface area contributed by atoms with Crippen LogP contribution in [0.2, 0.25) is 10.0 Å². The van der Waals surface area contributed by atoms with E-state index in [1.165, 1.54) is 17.8 Å². The van der Waals surface area contributed by atoms with Crippen molar-refractivity contribution in [3.8, 4) is 11.5 Å². The fourth-order valence-corrected chi connectivity index (χ4v) is 5.35. The molecule has 46 heavy (non-hydrogen) atoms. The summed E-state index contributed by atoms with van der Waals surface area (Å²) in [4.78, 5) is 39.6. The molecule has 0 radical (unpaired) electrons. The van der Waals surface area contributed by atoms with Gasteiger partial charge in [-0.1, -0.05) is 65.7 Å². The Morgan fingerprint density at radius 1 is 0.652 bits per heavy atom. The van der Waals surface area contributed by atoms with Crippen molar-refractivity contribution in [1.29, 1.82) is 0 Å². The maximum atomic E-state index is 13.3. The van der Waals surface area contributed by atoms with Crippen molar-refractivity contribution < 1.29 is 19.1 Å². The first-order valence-electron chi connectivity index (χ1n) is 14.0. The number of benzene rings is 5. The van der Waals surface area contributed by atoms with Gasteiger partial charge in [0.25, 0.3) is 11.8 Å². The van der Waals surface area contributed by atoms with E-state index < -0.39 is 11.8 Å². The molecule has 0 unspecified atom stereocenters. The van der Waals surface area contributed by atoms with Crippen LogP contribution in [0.4, 0.5) is 11.4 Å². The van der Waals surface area contributed by atoms with E-state index in [1.807, 2.05) is 30.3 Å². The molecule has 7 nitrogen and oxygen atoms in total. The Morgan fingerprint density at radius 3 is 1.87 bits per heavy atom. The summed E-state index contributed by atoms with van der Waals surface area (Å²) in [6.07, 6.45) is 1.44. The lowest BCUT2D eigenvalue weighted by molar-refractivity contribution is -0.114. The molecule has 3 amide bonds. The molecule has 0 aliphatic carbocycles. The molecule has 5 aromatic rings. The molecule has 5 rings (SSSR count). The summed E-state index contributed by atoms with van der Waals surface area (Å²) in [5.74, 6) is 0.383. The van der Waals surface area contributed by atoms with Gasteiger partial charge < -0.3 is 20.7 Å². The van der Waals surface area contributed by atoms with Crippen molar-refractivity contribution in [3.05, 3.63) is 154 Å². The summed E-state index contributed by atoms with van der Waals surface area (Å²) in [6.45, 7) is 0. The van der Waals surface area contributed by atoms with Crippen LogP contribution in [0.25, 0.3) is 6.08 Å². The number of carbonyl (C=O) groups excluding carboxylic acids is 3. The van der Waals surface area contributed by atoms with E-state index in [0.717, 1.165) is 10.6 Å². The van der Waals surface area contributed by atoms with E-state index >= 15 is 0 Å². The summed E-state index contributed by atoms with van der Waals surface area (Å²) in [7, 11) is 0. The number of hydrogen-bond acceptors (Lipinski definition) is 5. The van der Waals surface area contributed by atoms with Crippen LogP contribution in [0.1, 0.15) is 15.9 Å². The maximum Gasteiger partial charge on any atom is 0.272 e. The second kappa shape index (κ2) is 15.8. The number of amides is 3. The van der Waals surface area contributed by atoms with Crippen LogP contribution < -0.4 is 20.7 Å². The van der Waals surface area contributed by atoms with Crippen LogP contribution in [-0.2, 0) is 9.59 Å². The molecular weight excluding hydrogens is 641 g/mol. The Bertz CT molecular complexity index is 1830. The lowest BCUT2D eigenvalue weighted by Crippen LogP contribution is -2.30. The summed E-state index contributed by atoms with van der Waals surface area (Å²) < 4.78 is 5.79. The molecular formula is C36H27Cl2N3O4S. The Balaban J connectivity index is 1.18. The van der Waals surface area contributed by atoms with E-state index in [4.69, 9.17) is 27.9 Å². The van der Waals surface area contributed by atoms with Gasteiger partial charge in [-0.15, -0.1) is 11.8 Å². The molecule has 0 fully saturated rings. The zero-order valence-corrected chi connectivity index (χ0v) is 26.5. The first-order chi connectivity index (χ1) is 22.3. The van der Waals surface area contributed by atoms with Gasteiger partial charge in [-0.2, -0.15) is 0 Å². The van der Waals surface area contributed by atoms with Crippen molar-refractivity contribution >= 4 is 70.1 Å². The first kappa shape index (κ1) is 32.4. The van der Waals surface area contributed by atoms with Crippen molar-refractivity contribution in [2.45, 2.75) is 4.90 Å². The molecule has 0 saturated heterocycles. The van der Waals surface area contributed by atoms with Gasteiger partial charge in [-0.3, -0.25) is 14.4 Å². The molecule has 0 heterocycles. The number of thioether (sulfide) groups is 1. The van der Waals surface area contributed by atoms with Crippen LogP contribution in [0, 0.1) is 0 Å². The standard InChI is InChI=1S/C36H27Cl2N3O4S/c37-31-12-7-13-32(38)30(31)22-33(41-35(43)24-8-3-1-4-9-24)36(44)40-26-16-20-29(21-17-26)46-23-34(42)39-25-14-18-28(19-15-25)45-27-10-5-2-6-11-27/h1-22H,23H2,(H,39,42)(H,40,44)(H,41,43)/b33-22-. The molecule has 0 saturated carbocycles. The topological polar surface area (TPSA) is 96.5 Å². The molecule has 0 bridgehead atoms. The molecule has 0 aliphatic heterocycles. The Hall–Kier alpha value is -5.02. The van der Waals surface area contributed by atoms with Crippen molar-refractivity contribution in [2.75, 3.05) is 16.4 Å². The number of ether oxygens (including phenoxy) is 1. The van der Waals surface area contributed by atoms with Gasteiger partial charge in [0.1, 0.15) is 17.2 Å². The molecule has 230 valence electrons. The third-order valence-corrected chi connectivity index (χ3v) is 8.09. The van der Waals surface area contributed by atoms with Gasteiger partial charge in [-0.05, 0) is 91.0 Å². The smallest absolute Gasteiger partial charge is 0.272 e. The minimum Gasteiger partial charge on any atom is -0.457 e. The fraction of sp³-hybridized carbons (Fsp3) is 0.0278. The molecule has 10 heteroatoms. The van der Waals surface area contributed by atoms with E-state index in [0.29, 0.717) is 38.3 Å². The highest BCUT2D eigenvalue weighted by Gasteiger charge is 2.17. The van der Waals surface area contributed by atoms with Crippen LogP contribution in [0.15, 0.2) is 138 Å². The third kappa shape index (κ3) is 9.25. The Morgan fingerprint density at radius 2 is 1.22 bits per heavy atom. The van der Waals surface area contributed by atoms with Gasteiger partial charge in [0, 0.05) is 37.4 Å². The van der Waals surface area contributed by atoms with Gasteiger partial charge in [0.15, 0.2) is 0 Å². The largest absolute Gasteiger partial charge is 0.457 e. The lowest BCUT2D eigenvalue weighted by Gasteiger charge is -2.13. The zero-order valence-electron chi connectivity index (χ0n) is 24.2. The number of halogens is 2. The number of carbonyl (C=O) groups is 3. The Labute approximate surface area is 280 Å². The highest BCUT2D eigenvalue weighted by Crippen LogP contribution is 2.27. The fourth-order valence-electron chi connectivity index (χ4n) is 4.15. The molecule has 3 N–H and O–H groups in total. The highest BCUT2D eigenvalue weighted by atomic mass is 35.5. The summed E-state index contributed by atoms with van der Waals surface area (Å²) in [6, 6.07) is 37.1. The summed E-state index contributed by atoms with van der Waals surface area (Å²) in [5.41, 5.74) is 1.88. The second-order valence-electron chi connectivity index (χ2n) is 9.77. The Kier molecular flexibility index (Phi) is 11.1. The van der Waals surface area contributed by atoms with Crippen molar-refractivity contribution in [2.24, 2.45) is 0 Å². The van der Waals surface area contributed by atoms with Crippen LogP contribution >= 0.6 is 35.0 Å². The van der Waals surface area contributed by atoms with Gasteiger partial charge in [0.2, 0.25) is 5.91 Å². The van der Waals surface area contributed by atoms with E-state index in [1.54, 1.807) is 97.1 Å². The molecule has 5 aromatic carbocycles. The van der Waals surface area contributed by atoms with Crippen molar-refractivity contribution in [1.82, 2.24) is 5.32 Å². The normalized spacial score (nSPS) is 11.0. The molecule has 0 aliphatic rings. The van der Waals surface area contributed by atoms with Crippen molar-refractivity contribution in [3.63, 3.8) is 0 Å². The minimum absolute atomic E-state index is 0.0429. The molecule has 0 aromatic heterocycles. The van der Waals surface area contributed by atoms with E-state index in [-0.39, 0.29) is 17.4 Å². The predicted molar refractivity (Wildman–Crippen MR) is 186 cm³/mol. The zero-order chi connectivity index (χ0) is 32.3. The number of hydrogen-bond donors (Lipinski definition) is 3. The van der Waals surface area contributed by atoms with Gasteiger partial charge in [-0.25, -0.2) is 0 Å². The number of rotatable bonds is 11. The van der Waals surface area contributed by atoms with E-state index in [9.17, 15) is 14.4 Å². The van der Waals surface area contributed by atoms with Crippen LogP contribution in [0.5, 0.6) is 11.5 Å². The quantitative estimate of drug-likeness (QED) is 0.0965. The van der Waals surface area contributed by atoms with Gasteiger partial charge in [0.05, 0.1) is 5.75 Å². The summed E-state index contributed by atoms with van der Waals surface area (Å²) in [5, 5.41) is 8.99. The van der Waals surface area contributed by atoms with Crippen LogP contribution in [-0.4, -0.2) is 23.5 Å². The number of anilines is 2. The SMILES string of the molecule is O=C(CSc1ccc(NC(=O)/C(=C/c2c(Cl)cccc2Cl)NC(=O)c2ccccc2)cc1)Nc1ccc(Oc2ccccc2)cc1. The van der Waals surface area contributed by atoms with Crippen LogP contribution in [0.3, 0.4) is 0 Å². The number of para-hydroxylation sites is 1. The average Bonchev–Trinajstić information content (AvgIpc) is 3.07. The molecule has 0 spiro atoms. The second-order valence-corrected chi connectivity index (χ2v) is 11.6. The maximum absolute atomic E-state index is 13.3. The third-order valence-electron chi connectivity index (χ3n) is 6.42. The highest BCUT2D eigenvalue weighted by molar-refractivity contribution is 8.00. The van der Waals surface area contributed by atoms with E-state index in [2.05, 4.69) is 16.0 Å². The monoisotopic (exact) mass is 667 g/mol. The van der Waals surface area contributed by atoms with Gasteiger partial charge >= 0.3 is 0 Å². The number of nitrogens with one attached hydrogen (secondary N) is 3. The lowest BCUT2D eigenvalue weighted by atomic mass is 10.1.